The summed E-state index contributed by atoms with van der Waals surface area (Å²) in [7, 11) is 1.63. The maximum Gasteiger partial charge on any atom is 0.122 e. The zero-order chi connectivity index (χ0) is 15.4. The third-order valence-corrected chi connectivity index (χ3v) is 4.77. The molecule has 3 nitrogen and oxygen atoms in total. The molecule has 0 heterocycles. The summed E-state index contributed by atoms with van der Waals surface area (Å²) in [4.78, 5) is 0. The van der Waals surface area contributed by atoms with Crippen molar-refractivity contribution in [2.75, 3.05) is 7.11 Å². The molecule has 0 spiro atoms. The molecule has 21 heavy (non-hydrogen) atoms. The van der Waals surface area contributed by atoms with E-state index in [1.54, 1.807) is 13.2 Å². The highest BCUT2D eigenvalue weighted by Crippen LogP contribution is 2.33. The molecule has 0 fully saturated rings. The molecule has 2 aromatic rings. The lowest BCUT2D eigenvalue weighted by Crippen LogP contribution is -2.30. The van der Waals surface area contributed by atoms with Gasteiger partial charge in [0.25, 0.3) is 0 Å². The summed E-state index contributed by atoms with van der Waals surface area (Å²) in [5, 5.41) is 1.29. The summed E-state index contributed by atoms with van der Waals surface area (Å²) < 4.78 is 6.20. The van der Waals surface area contributed by atoms with Gasteiger partial charge in [-0.05, 0) is 57.7 Å². The van der Waals surface area contributed by atoms with E-state index < -0.39 is 0 Å². The molecule has 0 saturated heterocycles. The van der Waals surface area contributed by atoms with Crippen molar-refractivity contribution in [2.45, 2.75) is 12.5 Å². The summed E-state index contributed by atoms with van der Waals surface area (Å²) in [5.74, 6) is 6.47. The van der Waals surface area contributed by atoms with E-state index in [0.717, 1.165) is 21.3 Å². The molecule has 2 rings (SSSR count). The van der Waals surface area contributed by atoms with Crippen LogP contribution in [0.5, 0.6) is 5.75 Å². The number of rotatable bonds is 5. The van der Waals surface area contributed by atoms with Gasteiger partial charge in [0.05, 0.1) is 18.2 Å². The predicted octanol–water partition coefficient (Wildman–Crippen LogP) is 4.51. The minimum Gasteiger partial charge on any atom is -0.496 e. The molecule has 3 N–H and O–H groups in total. The van der Waals surface area contributed by atoms with Gasteiger partial charge in [-0.3, -0.25) is 11.3 Å². The average Bonchev–Trinajstić information content (AvgIpc) is 2.48. The Balaban J connectivity index is 2.35. The summed E-state index contributed by atoms with van der Waals surface area (Å²) >= 11 is 15.8. The number of halogens is 3. The van der Waals surface area contributed by atoms with Crippen molar-refractivity contribution in [3.05, 3.63) is 62.0 Å². The summed E-state index contributed by atoms with van der Waals surface area (Å²) in [6.07, 6.45) is 0.608. The lowest BCUT2D eigenvalue weighted by atomic mass is 9.98. The van der Waals surface area contributed by atoms with Crippen LogP contribution in [0.2, 0.25) is 10.0 Å². The lowest BCUT2D eigenvalue weighted by Gasteiger charge is -2.20. The van der Waals surface area contributed by atoms with Crippen LogP contribution in [0.4, 0.5) is 0 Å². The van der Waals surface area contributed by atoms with E-state index in [1.165, 1.54) is 0 Å². The number of nitrogens with two attached hydrogens (primary N) is 1. The van der Waals surface area contributed by atoms with Crippen LogP contribution in [0.1, 0.15) is 17.2 Å². The van der Waals surface area contributed by atoms with Gasteiger partial charge in [-0.1, -0.05) is 35.3 Å². The number of hydrogen-bond donors (Lipinski definition) is 2. The fourth-order valence-corrected chi connectivity index (χ4v) is 3.01. The van der Waals surface area contributed by atoms with Gasteiger partial charge in [0.1, 0.15) is 5.75 Å². The molecule has 0 bridgehead atoms. The highest BCUT2D eigenvalue weighted by molar-refractivity contribution is 9.10. The fraction of sp³-hybridized carbons (Fsp3) is 0.200. The zero-order valence-corrected chi connectivity index (χ0v) is 14.5. The van der Waals surface area contributed by atoms with Crippen molar-refractivity contribution in [1.82, 2.24) is 5.43 Å². The molecule has 1 unspecified atom stereocenters. The molecular weight excluding hydrogens is 375 g/mol. The Morgan fingerprint density at radius 1 is 1.29 bits per heavy atom. The molecule has 112 valence electrons. The third-order valence-electron chi connectivity index (χ3n) is 3.22. The minimum atomic E-state index is -0.151. The largest absolute Gasteiger partial charge is 0.496 e. The molecule has 0 amide bonds. The molecule has 0 aromatic heterocycles. The molecule has 0 radical (unpaired) electrons. The number of benzene rings is 2. The quantitative estimate of drug-likeness (QED) is 0.584. The van der Waals surface area contributed by atoms with Gasteiger partial charge in [-0.15, -0.1) is 0 Å². The molecule has 0 saturated carbocycles. The summed E-state index contributed by atoms with van der Waals surface area (Å²) in [6, 6.07) is 11.1. The second-order valence-corrected chi connectivity index (χ2v) is 6.19. The molecule has 1 atom stereocenters. The minimum absolute atomic E-state index is 0.151. The molecule has 0 aliphatic carbocycles. The Morgan fingerprint density at radius 3 is 2.71 bits per heavy atom. The van der Waals surface area contributed by atoms with Crippen LogP contribution in [-0.2, 0) is 6.42 Å². The molecule has 0 aliphatic heterocycles. The average molecular weight is 390 g/mol. The molecule has 0 aliphatic rings. The van der Waals surface area contributed by atoms with Crippen LogP contribution in [0, 0.1) is 0 Å². The SMILES string of the molecule is COc1ccc(Cl)cc1CC(NN)c1cccc(Br)c1Cl. The normalized spacial score (nSPS) is 12.2. The first-order chi connectivity index (χ1) is 10.1. The fourth-order valence-electron chi connectivity index (χ4n) is 2.17. The Bertz CT molecular complexity index is 637. The Morgan fingerprint density at radius 2 is 2.05 bits per heavy atom. The van der Waals surface area contributed by atoms with Crippen LogP contribution in [0.3, 0.4) is 0 Å². The maximum absolute atomic E-state index is 6.34. The van der Waals surface area contributed by atoms with Crippen LogP contribution in [0.25, 0.3) is 0 Å². The van der Waals surface area contributed by atoms with E-state index in [9.17, 15) is 0 Å². The van der Waals surface area contributed by atoms with E-state index in [2.05, 4.69) is 21.4 Å². The first-order valence-corrected chi connectivity index (χ1v) is 7.84. The second-order valence-electron chi connectivity index (χ2n) is 4.52. The summed E-state index contributed by atoms with van der Waals surface area (Å²) in [5.41, 5.74) is 4.68. The highest BCUT2D eigenvalue weighted by Gasteiger charge is 2.17. The number of nitrogens with one attached hydrogen (secondary N) is 1. The Labute approximate surface area is 142 Å². The first kappa shape index (κ1) is 16.6. The van der Waals surface area contributed by atoms with Crippen LogP contribution < -0.4 is 16.0 Å². The highest BCUT2D eigenvalue weighted by atomic mass is 79.9. The van der Waals surface area contributed by atoms with E-state index >= 15 is 0 Å². The third kappa shape index (κ3) is 3.90. The lowest BCUT2D eigenvalue weighted by molar-refractivity contribution is 0.405. The second kappa shape index (κ2) is 7.47. The monoisotopic (exact) mass is 388 g/mol. The van der Waals surface area contributed by atoms with E-state index in [4.69, 9.17) is 33.8 Å². The van der Waals surface area contributed by atoms with Gasteiger partial charge in [0.2, 0.25) is 0 Å². The van der Waals surface area contributed by atoms with Crippen molar-refractivity contribution in [2.24, 2.45) is 5.84 Å². The van der Waals surface area contributed by atoms with E-state index in [0.29, 0.717) is 16.5 Å². The van der Waals surface area contributed by atoms with Gasteiger partial charge >= 0.3 is 0 Å². The van der Waals surface area contributed by atoms with Crippen molar-refractivity contribution in [3.8, 4) is 5.75 Å². The van der Waals surface area contributed by atoms with Crippen molar-refractivity contribution >= 4 is 39.1 Å². The number of methoxy groups -OCH3 is 1. The first-order valence-electron chi connectivity index (χ1n) is 6.29. The number of hydrazine groups is 1. The maximum atomic E-state index is 6.34. The summed E-state index contributed by atoms with van der Waals surface area (Å²) in [6.45, 7) is 0. The molecule has 6 heteroatoms. The van der Waals surface area contributed by atoms with E-state index in [-0.39, 0.29) is 6.04 Å². The van der Waals surface area contributed by atoms with E-state index in [1.807, 2.05) is 30.3 Å². The molecule has 2 aromatic carbocycles. The van der Waals surface area contributed by atoms with Crippen LogP contribution >= 0.6 is 39.1 Å². The zero-order valence-electron chi connectivity index (χ0n) is 11.4. The number of ether oxygens (including phenoxy) is 1. The topological polar surface area (TPSA) is 47.3 Å². The molecular formula is C15H15BrCl2N2O. The van der Waals surface area contributed by atoms with Gasteiger partial charge in [0, 0.05) is 9.50 Å². The van der Waals surface area contributed by atoms with Crippen molar-refractivity contribution in [3.63, 3.8) is 0 Å². The predicted molar refractivity (Wildman–Crippen MR) is 90.9 cm³/mol. The van der Waals surface area contributed by atoms with Crippen LogP contribution in [0.15, 0.2) is 40.9 Å². The van der Waals surface area contributed by atoms with Gasteiger partial charge in [0.15, 0.2) is 0 Å². The van der Waals surface area contributed by atoms with Crippen molar-refractivity contribution < 1.29 is 4.74 Å². The van der Waals surface area contributed by atoms with Crippen molar-refractivity contribution in [1.29, 1.82) is 0 Å². The standard InChI is InChI=1S/C15H15BrCl2N2O/c1-21-14-6-5-10(17)7-9(14)8-13(20-19)11-3-2-4-12(16)15(11)18/h2-7,13,20H,8,19H2,1H3. The van der Waals surface area contributed by atoms with Gasteiger partial charge in [-0.25, -0.2) is 0 Å². The van der Waals surface area contributed by atoms with Gasteiger partial charge in [-0.2, -0.15) is 0 Å². The van der Waals surface area contributed by atoms with Crippen LogP contribution in [-0.4, -0.2) is 7.11 Å². The Kier molecular flexibility index (Phi) is 5.90. The number of hydrogen-bond acceptors (Lipinski definition) is 3. The smallest absolute Gasteiger partial charge is 0.122 e. The van der Waals surface area contributed by atoms with Gasteiger partial charge < -0.3 is 4.74 Å². The Hall–Kier alpha value is -0.780.